The summed E-state index contributed by atoms with van der Waals surface area (Å²) < 4.78 is 0. The van der Waals surface area contributed by atoms with Gasteiger partial charge in [-0.3, -0.25) is 0 Å². The molecular weight excluding hydrogens is 122 g/mol. The minimum atomic E-state index is -0.122. The average molecular weight is 130 g/mol. The predicted octanol–water partition coefficient (Wildman–Crippen LogP) is 1.96. The zero-order valence-electron chi connectivity index (χ0n) is 4.52. The maximum Gasteiger partial charge on any atom is 0.0891 e. The SMILES string of the molecule is N=C1CCC=CC1Cl. The summed E-state index contributed by atoms with van der Waals surface area (Å²) in [6.45, 7) is 0. The second kappa shape index (κ2) is 2.31. The van der Waals surface area contributed by atoms with Gasteiger partial charge < -0.3 is 5.41 Å². The number of alkyl halides is 1. The first-order valence-electron chi connectivity index (χ1n) is 2.69. The molecule has 0 saturated heterocycles. The molecule has 1 aliphatic rings. The van der Waals surface area contributed by atoms with Crippen molar-refractivity contribution in [2.75, 3.05) is 0 Å². The van der Waals surface area contributed by atoms with Gasteiger partial charge in [-0.15, -0.1) is 11.6 Å². The molecule has 1 unspecified atom stereocenters. The Morgan fingerprint density at radius 2 is 2.50 bits per heavy atom. The topological polar surface area (TPSA) is 23.9 Å². The van der Waals surface area contributed by atoms with Crippen molar-refractivity contribution in [1.29, 1.82) is 5.41 Å². The number of nitrogens with one attached hydrogen (secondary N) is 1. The lowest BCUT2D eigenvalue weighted by Gasteiger charge is -2.09. The molecule has 1 rings (SSSR count). The summed E-state index contributed by atoms with van der Waals surface area (Å²) in [7, 11) is 0. The van der Waals surface area contributed by atoms with Crippen LogP contribution in [0, 0.1) is 5.41 Å². The fourth-order valence-electron chi connectivity index (χ4n) is 0.709. The van der Waals surface area contributed by atoms with Gasteiger partial charge in [-0.1, -0.05) is 12.2 Å². The van der Waals surface area contributed by atoms with Crippen LogP contribution in [-0.4, -0.2) is 11.1 Å². The van der Waals surface area contributed by atoms with Crippen LogP contribution in [0.5, 0.6) is 0 Å². The first-order chi connectivity index (χ1) is 3.80. The lowest BCUT2D eigenvalue weighted by molar-refractivity contribution is 1.02. The number of rotatable bonds is 0. The molecule has 0 spiro atoms. The van der Waals surface area contributed by atoms with E-state index in [1.54, 1.807) is 0 Å². The summed E-state index contributed by atoms with van der Waals surface area (Å²) in [6.07, 6.45) is 5.72. The Kier molecular flexibility index (Phi) is 1.69. The Bertz CT molecular complexity index is 128. The van der Waals surface area contributed by atoms with Crippen molar-refractivity contribution in [2.24, 2.45) is 0 Å². The molecule has 8 heavy (non-hydrogen) atoms. The molecule has 1 aliphatic carbocycles. The molecule has 0 heterocycles. The van der Waals surface area contributed by atoms with Gasteiger partial charge in [0.25, 0.3) is 0 Å². The van der Waals surface area contributed by atoms with Crippen LogP contribution in [0.3, 0.4) is 0 Å². The van der Waals surface area contributed by atoms with Crippen LogP contribution in [-0.2, 0) is 0 Å². The minimum absolute atomic E-state index is 0.122. The number of hydrogen-bond acceptors (Lipinski definition) is 1. The predicted molar refractivity (Wildman–Crippen MR) is 35.7 cm³/mol. The van der Waals surface area contributed by atoms with Gasteiger partial charge in [-0.05, 0) is 12.8 Å². The molecular formula is C6H8ClN. The zero-order valence-corrected chi connectivity index (χ0v) is 5.28. The Labute approximate surface area is 53.9 Å². The summed E-state index contributed by atoms with van der Waals surface area (Å²) >= 11 is 5.66. The third-order valence-electron chi connectivity index (χ3n) is 1.22. The molecule has 0 aromatic carbocycles. The summed E-state index contributed by atoms with van der Waals surface area (Å²) in [5.41, 5.74) is 0.647. The van der Waals surface area contributed by atoms with Crippen molar-refractivity contribution >= 4 is 17.3 Å². The van der Waals surface area contributed by atoms with E-state index in [4.69, 9.17) is 17.0 Å². The Balaban J connectivity index is 2.60. The summed E-state index contributed by atoms with van der Waals surface area (Å²) in [6, 6.07) is 0. The van der Waals surface area contributed by atoms with Crippen LogP contribution in [0.4, 0.5) is 0 Å². The number of halogens is 1. The highest BCUT2D eigenvalue weighted by molar-refractivity contribution is 6.33. The molecule has 44 valence electrons. The summed E-state index contributed by atoms with van der Waals surface area (Å²) in [5.74, 6) is 0. The molecule has 0 aliphatic heterocycles. The second-order valence-corrected chi connectivity index (χ2v) is 2.36. The monoisotopic (exact) mass is 129 g/mol. The Morgan fingerprint density at radius 1 is 1.75 bits per heavy atom. The molecule has 1 nitrogen and oxygen atoms in total. The largest absolute Gasteiger partial charge is 0.308 e. The molecule has 1 N–H and O–H groups in total. The minimum Gasteiger partial charge on any atom is -0.308 e. The Hall–Kier alpha value is -0.300. The second-order valence-electron chi connectivity index (χ2n) is 1.89. The van der Waals surface area contributed by atoms with E-state index in [2.05, 4.69) is 0 Å². The zero-order chi connectivity index (χ0) is 5.98. The van der Waals surface area contributed by atoms with E-state index in [0.29, 0.717) is 5.71 Å². The van der Waals surface area contributed by atoms with E-state index in [0.717, 1.165) is 12.8 Å². The highest BCUT2D eigenvalue weighted by atomic mass is 35.5. The van der Waals surface area contributed by atoms with Crippen molar-refractivity contribution in [3.05, 3.63) is 12.2 Å². The first kappa shape index (κ1) is 5.83. The van der Waals surface area contributed by atoms with E-state index in [9.17, 15) is 0 Å². The van der Waals surface area contributed by atoms with E-state index in [-0.39, 0.29) is 5.38 Å². The van der Waals surface area contributed by atoms with E-state index >= 15 is 0 Å². The van der Waals surface area contributed by atoms with Gasteiger partial charge in [0.1, 0.15) is 0 Å². The fourth-order valence-corrected chi connectivity index (χ4v) is 0.921. The van der Waals surface area contributed by atoms with Crippen molar-refractivity contribution < 1.29 is 0 Å². The molecule has 0 fully saturated rings. The average Bonchev–Trinajstić information content (AvgIpc) is 1.77. The van der Waals surface area contributed by atoms with Gasteiger partial charge >= 0.3 is 0 Å². The molecule has 0 bridgehead atoms. The van der Waals surface area contributed by atoms with Crippen LogP contribution in [0.25, 0.3) is 0 Å². The quantitative estimate of drug-likeness (QED) is 0.382. The molecule has 0 aromatic heterocycles. The van der Waals surface area contributed by atoms with Crippen LogP contribution in [0.2, 0.25) is 0 Å². The maximum absolute atomic E-state index is 7.21. The molecule has 2 heteroatoms. The van der Waals surface area contributed by atoms with Crippen molar-refractivity contribution in [3.8, 4) is 0 Å². The lowest BCUT2D eigenvalue weighted by atomic mass is 10.1. The van der Waals surface area contributed by atoms with Crippen molar-refractivity contribution in [3.63, 3.8) is 0 Å². The lowest BCUT2D eigenvalue weighted by Crippen LogP contribution is -2.12. The molecule has 0 aromatic rings. The van der Waals surface area contributed by atoms with Gasteiger partial charge in [0.05, 0.1) is 5.38 Å². The third kappa shape index (κ3) is 1.10. The van der Waals surface area contributed by atoms with Crippen molar-refractivity contribution in [2.45, 2.75) is 18.2 Å². The van der Waals surface area contributed by atoms with Gasteiger partial charge in [0.2, 0.25) is 0 Å². The normalized spacial score (nSPS) is 28.6. The van der Waals surface area contributed by atoms with Gasteiger partial charge in [0.15, 0.2) is 0 Å². The molecule has 0 amide bonds. The standard InChI is InChI=1S/C6H8ClN/c7-5-3-1-2-4-6(5)8/h1,3,5,8H,2,4H2. The third-order valence-corrected chi connectivity index (χ3v) is 1.63. The summed E-state index contributed by atoms with van der Waals surface area (Å²) in [4.78, 5) is 0. The molecule has 0 saturated carbocycles. The first-order valence-corrected chi connectivity index (χ1v) is 3.12. The van der Waals surface area contributed by atoms with Crippen LogP contribution in [0.1, 0.15) is 12.8 Å². The van der Waals surface area contributed by atoms with Crippen LogP contribution < -0.4 is 0 Å². The highest BCUT2D eigenvalue weighted by Crippen LogP contribution is 2.11. The van der Waals surface area contributed by atoms with Crippen molar-refractivity contribution in [1.82, 2.24) is 0 Å². The molecule has 1 atom stereocenters. The smallest absolute Gasteiger partial charge is 0.0891 e. The number of allylic oxidation sites excluding steroid dienone is 2. The Morgan fingerprint density at radius 3 is 2.88 bits per heavy atom. The summed E-state index contributed by atoms with van der Waals surface area (Å²) in [5, 5.41) is 7.09. The van der Waals surface area contributed by atoms with Gasteiger partial charge in [-0.2, -0.15) is 0 Å². The van der Waals surface area contributed by atoms with Gasteiger partial charge in [-0.25, -0.2) is 0 Å². The number of hydrogen-bond donors (Lipinski definition) is 1. The maximum atomic E-state index is 7.21. The highest BCUT2D eigenvalue weighted by Gasteiger charge is 2.09. The van der Waals surface area contributed by atoms with Crippen LogP contribution in [0.15, 0.2) is 12.2 Å². The molecule has 0 radical (unpaired) electrons. The van der Waals surface area contributed by atoms with Gasteiger partial charge in [0, 0.05) is 5.71 Å². The van der Waals surface area contributed by atoms with E-state index in [1.165, 1.54) is 0 Å². The van der Waals surface area contributed by atoms with E-state index in [1.807, 2.05) is 12.2 Å². The van der Waals surface area contributed by atoms with Crippen LogP contribution >= 0.6 is 11.6 Å². The van der Waals surface area contributed by atoms with E-state index < -0.39 is 0 Å². The fraction of sp³-hybridized carbons (Fsp3) is 0.500.